The molecule has 7 heteroatoms. The van der Waals surface area contributed by atoms with Crippen LogP contribution >= 0.6 is 0 Å². The van der Waals surface area contributed by atoms with E-state index in [2.05, 4.69) is 10.6 Å². The second kappa shape index (κ2) is 8.93. The van der Waals surface area contributed by atoms with E-state index in [1.165, 1.54) is 33.5 Å². The molecule has 0 unspecified atom stereocenters. The number of anilines is 1. The third kappa shape index (κ3) is 4.91. The molecule has 0 saturated carbocycles. The molecule has 0 aromatic heterocycles. The van der Waals surface area contributed by atoms with E-state index >= 15 is 0 Å². The van der Waals surface area contributed by atoms with Crippen LogP contribution in [0.25, 0.3) is 0 Å². The molecule has 0 radical (unpaired) electrons. The molecule has 0 aliphatic heterocycles. The third-order valence-corrected chi connectivity index (χ3v) is 3.95. The first kappa shape index (κ1) is 20.1. The van der Waals surface area contributed by atoms with Crippen LogP contribution in [0.5, 0.6) is 17.2 Å². The van der Waals surface area contributed by atoms with E-state index in [-0.39, 0.29) is 5.91 Å². The third-order valence-electron chi connectivity index (χ3n) is 3.95. The molecule has 0 saturated heterocycles. The van der Waals surface area contributed by atoms with Gasteiger partial charge in [-0.2, -0.15) is 0 Å². The van der Waals surface area contributed by atoms with Crippen LogP contribution in [0.1, 0.15) is 22.8 Å². The van der Waals surface area contributed by atoms with Crippen molar-refractivity contribution < 1.29 is 23.8 Å². The largest absolute Gasteiger partial charge is 0.493 e. The molecule has 0 fully saturated rings. The van der Waals surface area contributed by atoms with Gasteiger partial charge in [0.1, 0.15) is 6.04 Å². The highest BCUT2D eigenvalue weighted by Crippen LogP contribution is 2.38. The molecule has 0 aliphatic rings. The van der Waals surface area contributed by atoms with E-state index in [4.69, 9.17) is 14.2 Å². The smallest absolute Gasteiger partial charge is 0.252 e. The molecule has 0 heterocycles. The lowest BCUT2D eigenvalue weighted by molar-refractivity contribution is -0.117. The number of hydrogen-bond acceptors (Lipinski definition) is 5. The first-order valence-electron chi connectivity index (χ1n) is 8.38. The normalized spacial score (nSPS) is 11.3. The fourth-order valence-electron chi connectivity index (χ4n) is 2.53. The molecule has 2 N–H and O–H groups in total. The van der Waals surface area contributed by atoms with Gasteiger partial charge in [0.05, 0.1) is 21.3 Å². The summed E-state index contributed by atoms with van der Waals surface area (Å²) in [5, 5.41) is 5.45. The van der Waals surface area contributed by atoms with Crippen molar-refractivity contribution in [1.82, 2.24) is 5.32 Å². The second-order valence-corrected chi connectivity index (χ2v) is 5.97. The maximum Gasteiger partial charge on any atom is 0.252 e. The number of aryl methyl sites for hydroxylation is 1. The summed E-state index contributed by atoms with van der Waals surface area (Å²) in [6.45, 7) is 3.55. The van der Waals surface area contributed by atoms with Gasteiger partial charge < -0.3 is 24.8 Å². The molecular formula is C20H24N2O5. The van der Waals surface area contributed by atoms with Crippen LogP contribution in [0.4, 0.5) is 5.69 Å². The molecule has 2 amide bonds. The van der Waals surface area contributed by atoms with Crippen molar-refractivity contribution in [3.8, 4) is 17.2 Å². The lowest BCUT2D eigenvalue weighted by atomic mass is 10.1. The standard InChI is InChI=1S/C20H24N2O5/c1-12-7-6-8-15(9-12)22-19(23)13(2)21-20(24)14-10-16(25-3)18(27-5)17(11-14)26-4/h6-11,13H,1-5H3,(H,21,24)(H,22,23)/t13-/m0/s1. The Bertz CT molecular complexity index is 810. The number of carbonyl (C=O) groups is 2. The van der Waals surface area contributed by atoms with Crippen molar-refractivity contribution >= 4 is 17.5 Å². The molecule has 27 heavy (non-hydrogen) atoms. The van der Waals surface area contributed by atoms with Gasteiger partial charge in [-0.25, -0.2) is 0 Å². The highest BCUT2D eigenvalue weighted by Gasteiger charge is 2.20. The maximum atomic E-state index is 12.6. The van der Waals surface area contributed by atoms with Crippen molar-refractivity contribution in [3.05, 3.63) is 47.5 Å². The van der Waals surface area contributed by atoms with Crippen LogP contribution in [-0.2, 0) is 4.79 Å². The van der Waals surface area contributed by atoms with Gasteiger partial charge in [0, 0.05) is 11.3 Å². The Hall–Kier alpha value is -3.22. The van der Waals surface area contributed by atoms with E-state index in [9.17, 15) is 9.59 Å². The number of ether oxygens (including phenoxy) is 3. The summed E-state index contributed by atoms with van der Waals surface area (Å²) in [4.78, 5) is 24.9. The number of amides is 2. The molecule has 144 valence electrons. The predicted molar refractivity (Wildman–Crippen MR) is 103 cm³/mol. The molecular weight excluding hydrogens is 348 g/mol. The molecule has 0 aliphatic carbocycles. The fourth-order valence-corrected chi connectivity index (χ4v) is 2.53. The Morgan fingerprint density at radius 3 is 2.11 bits per heavy atom. The van der Waals surface area contributed by atoms with Crippen LogP contribution in [0, 0.1) is 6.92 Å². The zero-order valence-electron chi connectivity index (χ0n) is 16.1. The fraction of sp³-hybridized carbons (Fsp3) is 0.300. The SMILES string of the molecule is COc1cc(C(=O)N[C@@H](C)C(=O)Nc2cccc(C)c2)cc(OC)c1OC. The van der Waals surface area contributed by atoms with Crippen LogP contribution < -0.4 is 24.8 Å². The summed E-state index contributed by atoms with van der Waals surface area (Å²) in [6, 6.07) is 9.75. The summed E-state index contributed by atoms with van der Waals surface area (Å²) >= 11 is 0. The number of methoxy groups -OCH3 is 3. The number of rotatable bonds is 7. The molecule has 0 spiro atoms. The molecule has 2 aromatic carbocycles. The highest BCUT2D eigenvalue weighted by molar-refractivity contribution is 6.01. The van der Waals surface area contributed by atoms with Gasteiger partial charge in [0.2, 0.25) is 11.7 Å². The lowest BCUT2D eigenvalue weighted by Gasteiger charge is -2.17. The Balaban J connectivity index is 2.12. The maximum absolute atomic E-state index is 12.6. The van der Waals surface area contributed by atoms with Crippen molar-refractivity contribution in [2.45, 2.75) is 19.9 Å². The minimum absolute atomic E-state index is 0.291. The second-order valence-electron chi connectivity index (χ2n) is 5.97. The Kier molecular flexibility index (Phi) is 6.65. The molecule has 2 rings (SSSR count). The molecule has 1 atom stereocenters. The van der Waals surface area contributed by atoms with Gasteiger partial charge in [-0.3, -0.25) is 9.59 Å². The average molecular weight is 372 g/mol. The Morgan fingerprint density at radius 1 is 0.963 bits per heavy atom. The number of benzene rings is 2. The van der Waals surface area contributed by atoms with Gasteiger partial charge in [0.25, 0.3) is 5.91 Å². The van der Waals surface area contributed by atoms with Crippen molar-refractivity contribution in [2.24, 2.45) is 0 Å². The average Bonchev–Trinajstić information content (AvgIpc) is 2.66. The predicted octanol–water partition coefficient (Wildman–Crippen LogP) is 2.78. The summed E-state index contributed by atoms with van der Waals surface area (Å²) < 4.78 is 15.7. The first-order valence-corrected chi connectivity index (χ1v) is 8.38. The van der Waals surface area contributed by atoms with Crippen LogP contribution in [0.3, 0.4) is 0 Å². The Labute approximate surface area is 158 Å². The highest BCUT2D eigenvalue weighted by atomic mass is 16.5. The summed E-state index contributed by atoms with van der Waals surface area (Å²) in [7, 11) is 4.42. The topological polar surface area (TPSA) is 85.9 Å². The zero-order valence-corrected chi connectivity index (χ0v) is 16.1. The van der Waals surface area contributed by atoms with Crippen molar-refractivity contribution in [3.63, 3.8) is 0 Å². The van der Waals surface area contributed by atoms with E-state index in [1.54, 1.807) is 13.0 Å². The van der Waals surface area contributed by atoms with E-state index in [0.29, 0.717) is 28.5 Å². The summed E-state index contributed by atoms with van der Waals surface area (Å²) in [5.41, 5.74) is 2.00. The minimum Gasteiger partial charge on any atom is -0.493 e. The van der Waals surface area contributed by atoms with Crippen LogP contribution in [0.15, 0.2) is 36.4 Å². The van der Waals surface area contributed by atoms with Gasteiger partial charge in [-0.05, 0) is 43.7 Å². The minimum atomic E-state index is -0.739. The zero-order chi connectivity index (χ0) is 20.0. The molecule has 2 aromatic rings. The monoisotopic (exact) mass is 372 g/mol. The number of nitrogens with one attached hydrogen (secondary N) is 2. The molecule has 0 bridgehead atoms. The summed E-state index contributed by atoms with van der Waals surface area (Å²) in [5.74, 6) is 0.363. The van der Waals surface area contributed by atoms with Crippen molar-refractivity contribution in [2.75, 3.05) is 26.6 Å². The van der Waals surface area contributed by atoms with E-state index in [0.717, 1.165) is 5.56 Å². The van der Waals surface area contributed by atoms with Crippen LogP contribution in [0.2, 0.25) is 0 Å². The number of hydrogen-bond donors (Lipinski definition) is 2. The summed E-state index contributed by atoms with van der Waals surface area (Å²) in [6.07, 6.45) is 0. The first-order chi connectivity index (χ1) is 12.9. The van der Waals surface area contributed by atoms with Gasteiger partial charge in [-0.1, -0.05) is 12.1 Å². The van der Waals surface area contributed by atoms with Gasteiger partial charge in [-0.15, -0.1) is 0 Å². The van der Waals surface area contributed by atoms with Crippen LogP contribution in [-0.4, -0.2) is 39.2 Å². The lowest BCUT2D eigenvalue weighted by Crippen LogP contribution is -2.41. The van der Waals surface area contributed by atoms with Gasteiger partial charge in [0.15, 0.2) is 11.5 Å². The quantitative estimate of drug-likeness (QED) is 0.781. The van der Waals surface area contributed by atoms with Gasteiger partial charge >= 0.3 is 0 Å². The molecule has 7 nitrogen and oxygen atoms in total. The van der Waals surface area contributed by atoms with E-state index in [1.807, 2.05) is 25.1 Å². The van der Waals surface area contributed by atoms with E-state index < -0.39 is 11.9 Å². The Morgan fingerprint density at radius 2 is 1.59 bits per heavy atom. The number of carbonyl (C=O) groups excluding carboxylic acids is 2. The van der Waals surface area contributed by atoms with Crippen molar-refractivity contribution in [1.29, 1.82) is 0 Å².